The van der Waals surface area contributed by atoms with Crippen LogP contribution in [0.2, 0.25) is 0 Å². The summed E-state index contributed by atoms with van der Waals surface area (Å²) in [7, 11) is -3.25. The van der Waals surface area contributed by atoms with Crippen LogP contribution in [0.1, 0.15) is 25.3 Å². The average Bonchev–Trinajstić information content (AvgIpc) is 2.39. The Kier molecular flexibility index (Phi) is 5.05. The van der Waals surface area contributed by atoms with E-state index in [1.54, 1.807) is 0 Å². The molecule has 1 aromatic rings. The molecule has 5 heteroatoms. The van der Waals surface area contributed by atoms with Gasteiger partial charge in [0.05, 0.1) is 11.4 Å². The third kappa shape index (κ3) is 3.73. The lowest BCUT2D eigenvalue weighted by molar-refractivity contribution is 0.403. The Hall–Kier alpha value is -1.07. The Morgan fingerprint density at radius 2 is 2.20 bits per heavy atom. The van der Waals surface area contributed by atoms with Crippen LogP contribution < -0.4 is 9.62 Å². The summed E-state index contributed by atoms with van der Waals surface area (Å²) in [6, 6.07) is 7.69. The van der Waals surface area contributed by atoms with Crippen molar-refractivity contribution in [2.45, 2.75) is 26.7 Å². The highest BCUT2D eigenvalue weighted by molar-refractivity contribution is 7.92. The normalized spacial score (nSPS) is 19.8. The molecule has 2 rings (SSSR count). The Morgan fingerprint density at radius 1 is 1.40 bits per heavy atom. The molecule has 1 heterocycles. The van der Waals surface area contributed by atoms with E-state index >= 15 is 0 Å². The maximum Gasteiger partial charge on any atom is 0.235 e. The van der Waals surface area contributed by atoms with E-state index < -0.39 is 10.0 Å². The molecule has 0 aliphatic carbocycles. The molecule has 20 heavy (non-hydrogen) atoms. The molecule has 0 radical (unpaired) electrons. The number of benzene rings is 1. The van der Waals surface area contributed by atoms with Crippen molar-refractivity contribution in [3.8, 4) is 0 Å². The summed E-state index contributed by atoms with van der Waals surface area (Å²) in [6.45, 7) is 6.16. The molecule has 0 aromatic heterocycles. The van der Waals surface area contributed by atoms with Gasteiger partial charge >= 0.3 is 0 Å². The fourth-order valence-corrected chi connectivity index (χ4v) is 4.67. The first-order valence-corrected chi connectivity index (χ1v) is 8.91. The topological polar surface area (TPSA) is 49.4 Å². The van der Waals surface area contributed by atoms with E-state index in [1.165, 1.54) is 4.31 Å². The zero-order valence-corrected chi connectivity index (χ0v) is 13.1. The molecule has 1 fully saturated rings. The highest BCUT2D eigenvalue weighted by Gasteiger charge is 2.26. The number of rotatable bonds is 5. The molecule has 1 aromatic carbocycles. The monoisotopic (exact) mass is 296 g/mol. The van der Waals surface area contributed by atoms with E-state index in [1.807, 2.05) is 38.1 Å². The summed E-state index contributed by atoms with van der Waals surface area (Å²) in [5.74, 6) is 0.467. The predicted octanol–water partition coefficient (Wildman–Crippen LogP) is 2.15. The van der Waals surface area contributed by atoms with Gasteiger partial charge in [-0.2, -0.15) is 0 Å². The van der Waals surface area contributed by atoms with Gasteiger partial charge in [-0.15, -0.1) is 0 Å². The summed E-state index contributed by atoms with van der Waals surface area (Å²) in [5.41, 5.74) is 1.85. The van der Waals surface area contributed by atoms with Gasteiger partial charge in [-0.1, -0.05) is 12.1 Å². The van der Waals surface area contributed by atoms with Gasteiger partial charge in [0.15, 0.2) is 0 Å². The molecular formula is C15H24N2O2S. The molecule has 0 amide bonds. The molecule has 1 N–H and O–H groups in total. The molecule has 112 valence electrons. The second-order valence-corrected chi connectivity index (χ2v) is 7.43. The van der Waals surface area contributed by atoms with Crippen molar-refractivity contribution >= 4 is 15.7 Å². The van der Waals surface area contributed by atoms with Crippen LogP contribution in [0.25, 0.3) is 0 Å². The quantitative estimate of drug-likeness (QED) is 0.906. The Bertz CT molecular complexity index is 537. The van der Waals surface area contributed by atoms with Crippen LogP contribution in [0.4, 0.5) is 5.69 Å². The van der Waals surface area contributed by atoms with Gasteiger partial charge in [-0.3, -0.25) is 4.31 Å². The van der Waals surface area contributed by atoms with Crippen LogP contribution in [0.5, 0.6) is 0 Å². The maximum absolute atomic E-state index is 12.6. The SMILES string of the molecule is CCN(c1cccc(C)c1)S(=O)(=O)CC1CCCNC1. The summed E-state index contributed by atoms with van der Waals surface area (Å²) in [4.78, 5) is 0. The van der Waals surface area contributed by atoms with Crippen LogP contribution in [0, 0.1) is 12.8 Å². The van der Waals surface area contributed by atoms with Gasteiger partial charge in [0.1, 0.15) is 0 Å². The Balaban J connectivity index is 2.16. The van der Waals surface area contributed by atoms with E-state index in [0.29, 0.717) is 6.54 Å². The van der Waals surface area contributed by atoms with Gasteiger partial charge < -0.3 is 5.32 Å². The Labute approximate surface area is 122 Å². The van der Waals surface area contributed by atoms with Crippen molar-refractivity contribution < 1.29 is 8.42 Å². The molecule has 0 bridgehead atoms. The molecule has 4 nitrogen and oxygen atoms in total. The zero-order valence-electron chi connectivity index (χ0n) is 12.3. The third-order valence-electron chi connectivity index (χ3n) is 3.76. The molecular weight excluding hydrogens is 272 g/mol. The summed E-state index contributed by atoms with van der Waals surface area (Å²) in [5, 5.41) is 3.28. The van der Waals surface area contributed by atoms with E-state index in [0.717, 1.165) is 37.2 Å². The molecule has 1 atom stereocenters. The smallest absolute Gasteiger partial charge is 0.235 e. The highest BCUT2D eigenvalue weighted by Crippen LogP contribution is 2.22. The van der Waals surface area contributed by atoms with Crippen LogP contribution in [0.15, 0.2) is 24.3 Å². The van der Waals surface area contributed by atoms with Gasteiger partial charge in [0.2, 0.25) is 10.0 Å². The minimum Gasteiger partial charge on any atom is -0.316 e. The molecule has 1 saturated heterocycles. The number of hydrogen-bond donors (Lipinski definition) is 1. The number of nitrogens with one attached hydrogen (secondary N) is 1. The number of anilines is 1. The Morgan fingerprint density at radius 3 is 2.80 bits per heavy atom. The fraction of sp³-hybridized carbons (Fsp3) is 0.600. The van der Waals surface area contributed by atoms with Gasteiger partial charge in [-0.05, 0) is 63.4 Å². The van der Waals surface area contributed by atoms with Crippen molar-refractivity contribution in [3.63, 3.8) is 0 Å². The van der Waals surface area contributed by atoms with Gasteiger partial charge in [-0.25, -0.2) is 8.42 Å². The number of aryl methyl sites for hydroxylation is 1. The highest BCUT2D eigenvalue weighted by atomic mass is 32.2. The predicted molar refractivity (Wildman–Crippen MR) is 83.6 cm³/mol. The molecule has 1 aliphatic heterocycles. The molecule has 0 saturated carbocycles. The van der Waals surface area contributed by atoms with E-state index in [-0.39, 0.29) is 11.7 Å². The van der Waals surface area contributed by atoms with Crippen LogP contribution in [-0.2, 0) is 10.0 Å². The lowest BCUT2D eigenvalue weighted by atomic mass is 10.0. The number of sulfonamides is 1. The molecule has 1 aliphatic rings. The lowest BCUT2D eigenvalue weighted by Gasteiger charge is -2.28. The lowest BCUT2D eigenvalue weighted by Crippen LogP contribution is -2.40. The van der Waals surface area contributed by atoms with Crippen molar-refractivity contribution in [2.24, 2.45) is 5.92 Å². The van der Waals surface area contributed by atoms with E-state index in [2.05, 4.69) is 5.32 Å². The van der Waals surface area contributed by atoms with Crippen molar-refractivity contribution in [1.82, 2.24) is 5.32 Å². The minimum atomic E-state index is -3.25. The molecule has 0 spiro atoms. The number of hydrogen-bond acceptors (Lipinski definition) is 3. The molecule has 1 unspecified atom stereocenters. The number of piperidine rings is 1. The first-order valence-electron chi connectivity index (χ1n) is 7.30. The summed E-state index contributed by atoms with van der Waals surface area (Å²) in [6.07, 6.45) is 2.06. The second kappa shape index (κ2) is 6.59. The second-order valence-electron chi connectivity index (χ2n) is 5.49. The van der Waals surface area contributed by atoms with Gasteiger partial charge in [0.25, 0.3) is 0 Å². The van der Waals surface area contributed by atoms with E-state index in [4.69, 9.17) is 0 Å². The fourth-order valence-electron chi connectivity index (χ4n) is 2.78. The largest absolute Gasteiger partial charge is 0.316 e. The summed E-state index contributed by atoms with van der Waals surface area (Å²) < 4.78 is 26.8. The summed E-state index contributed by atoms with van der Waals surface area (Å²) >= 11 is 0. The van der Waals surface area contributed by atoms with Crippen LogP contribution in [-0.4, -0.2) is 33.8 Å². The third-order valence-corrected chi connectivity index (χ3v) is 5.79. The standard InChI is InChI=1S/C15H24N2O2S/c1-3-17(15-8-4-6-13(2)10-15)20(18,19)12-14-7-5-9-16-11-14/h4,6,8,10,14,16H,3,5,7,9,11-12H2,1-2H3. The van der Waals surface area contributed by atoms with E-state index in [9.17, 15) is 8.42 Å². The minimum absolute atomic E-state index is 0.229. The number of nitrogens with zero attached hydrogens (tertiary/aromatic N) is 1. The van der Waals surface area contributed by atoms with Crippen LogP contribution in [0.3, 0.4) is 0 Å². The zero-order chi connectivity index (χ0) is 14.6. The maximum atomic E-state index is 12.6. The van der Waals surface area contributed by atoms with Gasteiger partial charge in [0, 0.05) is 6.54 Å². The van der Waals surface area contributed by atoms with Crippen LogP contribution >= 0.6 is 0 Å². The average molecular weight is 296 g/mol. The van der Waals surface area contributed by atoms with Crippen molar-refractivity contribution in [1.29, 1.82) is 0 Å². The van der Waals surface area contributed by atoms with Crippen molar-refractivity contribution in [2.75, 3.05) is 29.7 Å². The first-order chi connectivity index (χ1) is 9.53. The first kappa shape index (κ1) is 15.3. The van der Waals surface area contributed by atoms with Crippen molar-refractivity contribution in [3.05, 3.63) is 29.8 Å².